The van der Waals surface area contributed by atoms with E-state index in [0.717, 1.165) is 11.8 Å². The third-order valence-electron chi connectivity index (χ3n) is 2.86. The molecule has 2 unspecified atom stereocenters. The molecule has 7 heteroatoms. The minimum absolute atomic E-state index is 0.252. The van der Waals surface area contributed by atoms with E-state index in [1.807, 2.05) is 6.07 Å². The van der Waals surface area contributed by atoms with Crippen LogP contribution in [-0.4, -0.2) is 35.1 Å². The van der Waals surface area contributed by atoms with Crippen LogP contribution in [0, 0.1) is 0 Å². The van der Waals surface area contributed by atoms with Crippen molar-refractivity contribution in [3.63, 3.8) is 0 Å². The van der Waals surface area contributed by atoms with Gasteiger partial charge in [-0.2, -0.15) is 0 Å². The van der Waals surface area contributed by atoms with Gasteiger partial charge in [-0.15, -0.1) is 0 Å². The zero-order chi connectivity index (χ0) is 18.3. The minimum Gasteiger partial charge on any atom is -0.468 e. The van der Waals surface area contributed by atoms with Crippen molar-refractivity contribution in [3.05, 3.63) is 35.9 Å². The summed E-state index contributed by atoms with van der Waals surface area (Å²) in [5.74, 6) is -0.597. The summed E-state index contributed by atoms with van der Waals surface area (Å²) in [6, 6.07) is 8.15. The molecule has 0 aliphatic rings. The van der Waals surface area contributed by atoms with Gasteiger partial charge >= 0.3 is 12.1 Å². The standard InChI is InChI=1S/C17H23NO5S/c1-11(19)24-14(15(20)22-5)13(12-9-7-6-8-10-12)18-16(21)23-17(2,3)4/h6-10,13-14H,1-5H3,(H,18,21). The number of ether oxygens (including phenoxy) is 2. The Morgan fingerprint density at radius 2 is 1.71 bits per heavy atom. The van der Waals surface area contributed by atoms with Crippen LogP contribution in [0.4, 0.5) is 4.79 Å². The summed E-state index contributed by atoms with van der Waals surface area (Å²) in [5, 5.41) is 1.51. The quantitative estimate of drug-likeness (QED) is 0.819. The summed E-state index contributed by atoms with van der Waals surface area (Å²) >= 11 is 0.811. The van der Waals surface area contributed by atoms with Crippen LogP contribution in [0.3, 0.4) is 0 Å². The number of esters is 1. The fraction of sp³-hybridized carbons (Fsp3) is 0.471. The highest BCUT2D eigenvalue weighted by Crippen LogP contribution is 2.29. The van der Waals surface area contributed by atoms with Crippen LogP contribution in [0.5, 0.6) is 0 Å². The predicted molar refractivity (Wildman–Crippen MR) is 92.6 cm³/mol. The van der Waals surface area contributed by atoms with Crippen molar-refractivity contribution < 1.29 is 23.9 Å². The van der Waals surface area contributed by atoms with Gasteiger partial charge in [0.1, 0.15) is 10.9 Å². The molecular formula is C17H23NO5S. The number of hydrogen-bond donors (Lipinski definition) is 1. The van der Waals surface area contributed by atoms with Crippen molar-refractivity contribution in [3.8, 4) is 0 Å². The van der Waals surface area contributed by atoms with Gasteiger partial charge in [0, 0.05) is 6.92 Å². The lowest BCUT2D eigenvalue weighted by Gasteiger charge is -2.27. The molecule has 1 amide bonds. The second-order valence-corrected chi connectivity index (χ2v) is 7.41. The Kier molecular flexibility index (Phi) is 7.28. The molecule has 0 radical (unpaired) electrons. The molecule has 0 aliphatic carbocycles. The molecule has 1 aromatic rings. The Hall–Kier alpha value is -2.02. The van der Waals surface area contributed by atoms with Crippen molar-refractivity contribution in [2.75, 3.05) is 7.11 Å². The summed E-state index contributed by atoms with van der Waals surface area (Å²) in [6.45, 7) is 6.58. The summed E-state index contributed by atoms with van der Waals surface area (Å²) in [6.07, 6.45) is -0.672. The van der Waals surface area contributed by atoms with E-state index in [4.69, 9.17) is 9.47 Å². The van der Waals surface area contributed by atoms with E-state index in [0.29, 0.717) is 5.56 Å². The SMILES string of the molecule is COC(=O)C(SC(C)=O)C(NC(=O)OC(C)(C)C)c1ccccc1. The van der Waals surface area contributed by atoms with Gasteiger partial charge < -0.3 is 14.8 Å². The normalized spacial score (nSPS) is 13.5. The average Bonchev–Trinajstić information content (AvgIpc) is 2.48. The Balaban J connectivity index is 3.14. The fourth-order valence-corrected chi connectivity index (χ4v) is 2.89. The zero-order valence-electron chi connectivity index (χ0n) is 14.5. The highest BCUT2D eigenvalue weighted by Gasteiger charge is 2.34. The summed E-state index contributed by atoms with van der Waals surface area (Å²) < 4.78 is 10.1. The molecular weight excluding hydrogens is 330 g/mol. The number of carbonyl (C=O) groups excluding carboxylic acids is 3. The van der Waals surface area contributed by atoms with E-state index in [9.17, 15) is 14.4 Å². The lowest BCUT2D eigenvalue weighted by Crippen LogP contribution is -2.42. The van der Waals surface area contributed by atoms with Gasteiger partial charge in [-0.3, -0.25) is 9.59 Å². The maximum Gasteiger partial charge on any atom is 0.408 e. The number of benzene rings is 1. The Bertz CT molecular complexity index is 582. The van der Waals surface area contributed by atoms with Gasteiger partial charge in [-0.05, 0) is 26.3 Å². The van der Waals surface area contributed by atoms with E-state index in [2.05, 4.69) is 5.32 Å². The first-order chi connectivity index (χ1) is 11.1. The first-order valence-corrected chi connectivity index (χ1v) is 8.31. The second kappa shape index (κ2) is 8.73. The maximum atomic E-state index is 12.2. The molecule has 0 fully saturated rings. The maximum absolute atomic E-state index is 12.2. The smallest absolute Gasteiger partial charge is 0.408 e. The van der Waals surface area contributed by atoms with Crippen LogP contribution in [0.1, 0.15) is 39.3 Å². The number of hydrogen-bond acceptors (Lipinski definition) is 6. The van der Waals surface area contributed by atoms with Gasteiger partial charge in [-0.1, -0.05) is 42.1 Å². The highest BCUT2D eigenvalue weighted by molar-refractivity contribution is 8.14. The molecule has 1 N–H and O–H groups in total. The van der Waals surface area contributed by atoms with Gasteiger partial charge in [0.05, 0.1) is 13.2 Å². The number of methoxy groups -OCH3 is 1. The third-order valence-corrected chi connectivity index (χ3v) is 3.91. The number of nitrogens with one attached hydrogen (secondary N) is 1. The second-order valence-electron chi connectivity index (χ2n) is 6.09. The monoisotopic (exact) mass is 353 g/mol. The Morgan fingerprint density at radius 1 is 1.12 bits per heavy atom. The van der Waals surface area contributed by atoms with Crippen LogP contribution in [0.2, 0.25) is 0 Å². The number of thioether (sulfide) groups is 1. The molecule has 132 valence electrons. The topological polar surface area (TPSA) is 81.7 Å². The number of rotatable bonds is 5. The van der Waals surface area contributed by atoms with Crippen molar-refractivity contribution in [2.24, 2.45) is 0 Å². The van der Waals surface area contributed by atoms with E-state index < -0.39 is 29.0 Å². The number of alkyl carbamates (subject to hydrolysis) is 1. The molecule has 1 rings (SSSR count). The number of carbonyl (C=O) groups is 3. The van der Waals surface area contributed by atoms with Gasteiger partial charge in [0.15, 0.2) is 5.12 Å². The van der Waals surface area contributed by atoms with Crippen molar-refractivity contribution in [2.45, 2.75) is 44.6 Å². The van der Waals surface area contributed by atoms with Crippen LogP contribution in [-0.2, 0) is 19.1 Å². The molecule has 2 atom stereocenters. The van der Waals surface area contributed by atoms with E-state index in [-0.39, 0.29) is 5.12 Å². The highest BCUT2D eigenvalue weighted by atomic mass is 32.2. The minimum atomic E-state index is -0.914. The van der Waals surface area contributed by atoms with Crippen molar-refractivity contribution >= 4 is 28.9 Å². The van der Waals surface area contributed by atoms with Gasteiger partial charge in [0.25, 0.3) is 0 Å². The molecule has 0 aromatic heterocycles. The van der Waals surface area contributed by atoms with Crippen LogP contribution < -0.4 is 5.32 Å². The Labute approximate surface area is 146 Å². The first-order valence-electron chi connectivity index (χ1n) is 7.43. The largest absolute Gasteiger partial charge is 0.468 e. The molecule has 0 saturated carbocycles. The van der Waals surface area contributed by atoms with Crippen molar-refractivity contribution in [1.29, 1.82) is 0 Å². The summed E-state index contributed by atoms with van der Waals surface area (Å²) in [4.78, 5) is 35.8. The molecule has 0 saturated heterocycles. The number of amides is 1. The average molecular weight is 353 g/mol. The zero-order valence-corrected chi connectivity index (χ0v) is 15.3. The summed E-state index contributed by atoms with van der Waals surface area (Å²) in [7, 11) is 1.24. The third kappa shape index (κ3) is 6.62. The lowest BCUT2D eigenvalue weighted by atomic mass is 10.0. The Morgan fingerprint density at radius 3 is 2.17 bits per heavy atom. The van der Waals surface area contributed by atoms with Gasteiger partial charge in [0.2, 0.25) is 0 Å². The van der Waals surface area contributed by atoms with Crippen LogP contribution >= 0.6 is 11.8 Å². The first kappa shape index (κ1) is 20.0. The lowest BCUT2D eigenvalue weighted by molar-refractivity contribution is -0.140. The molecule has 0 spiro atoms. The van der Waals surface area contributed by atoms with Gasteiger partial charge in [-0.25, -0.2) is 4.79 Å². The molecule has 1 aromatic carbocycles. The van der Waals surface area contributed by atoms with E-state index in [1.54, 1.807) is 45.0 Å². The summed E-state index contributed by atoms with van der Waals surface area (Å²) in [5.41, 5.74) is -0.00713. The fourth-order valence-electron chi connectivity index (χ4n) is 1.98. The van der Waals surface area contributed by atoms with Crippen LogP contribution in [0.15, 0.2) is 30.3 Å². The molecule has 6 nitrogen and oxygen atoms in total. The van der Waals surface area contributed by atoms with Crippen molar-refractivity contribution in [1.82, 2.24) is 5.32 Å². The van der Waals surface area contributed by atoms with Crippen LogP contribution in [0.25, 0.3) is 0 Å². The molecule has 0 bridgehead atoms. The van der Waals surface area contributed by atoms with E-state index >= 15 is 0 Å². The predicted octanol–water partition coefficient (Wildman–Crippen LogP) is 3.07. The molecule has 0 aliphatic heterocycles. The molecule has 0 heterocycles. The van der Waals surface area contributed by atoms with E-state index in [1.165, 1.54) is 14.0 Å². The molecule has 24 heavy (non-hydrogen) atoms.